The number of carbonyl (C=O) groups is 3. The molecule has 0 saturated heterocycles. The van der Waals surface area contributed by atoms with Gasteiger partial charge in [0.1, 0.15) is 0 Å². The number of amides is 3. The number of carboxylic acids is 1. The molecule has 8 heteroatoms. The normalized spacial score (nSPS) is 11.0. The molecule has 0 unspecified atom stereocenters. The van der Waals surface area contributed by atoms with Gasteiger partial charge < -0.3 is 10.4 Å². The zero-order valence-electron chi connectivity index (χ0n) is 12.2. The topological polar surface area (TPSA) is 108 Å². The van der Waals surface area contributed by atoms with Crippen molar-refractivity contribution in [3.63, 3.8) is 0 Å². The molecule has 0 aliphatic carbocycles. The fourth-order valence-corrected chi connectivity index (χ4v) is 2.27. The SMILES string of the molecule is Cc1csc(CCNC(=O)NC(=O)CC(C)(C)C(=O)O)n1. The van der Waals surface area contributed by atoms with Gasteiger partial charge in [0.25, 0.3) is 0 Å². The van der Waals surface area contributed by atoms with E-state index < -0.39 is 23.3 Å². The fraction of sp³-hybridized carbons (Fsp3) is 0.538. The highest BCUT2D eigenvalue weighted by Crippen LogP contribution is 2.19. The van der Waals surface area contributed by atoms with E-state index in [4.69, 9.17) is 5.11 Å². The maximum Gasteiger partial charge on any atom is 0.321 e. The lowest BCUT2D eigenvalue weighted by Gasteiger charge is -2.17. The molecular weight excluding hydrogens is 294 g/mol. The van der Waals surface area contributed by atoms with E-state index in [-0.39, 0.29) is 6.42 Å². The lowest BCUT2D eigenvalue weighted by Crippen LogP contribution is -2.42. The number of thiazole rings is 1. The summed E-state index contributed by atoms with van der Waals surface area (Å²) in [6.45, 7) is 5.10. The molecule has 1 aromatic rings. The predicted octanol–water partition coefficient (Wildman–Crippen LogP) is 1.32. The summed E-state index contributed by atoms with van der Waals surface area (Å²) in [6, 6.07) is -0.630. The van der Waals surface area contributed by atoms with Crippen LogP contribution in [0.5, 0.6) is 0 Å². The van der Waals surface area contributed by atoms with Gasteiger partial charge in [-0.3, -0.25) is 14.9 Å². The summed E-state index contributed by atoms with van der Waals surface area (Å²) in [5, 5.41) is 16.4. The molecule has 0 atom stereocenters. The molecule has 0 radical (unpaired) electrons. The number of hydrogen-bond donors (Lipinski definition) is 3. The minimum absolute atomic E-state index is 0.262. The van der Waals surface area contributed by atoms with Gasteiger partial charge in [0.2, 0.25) is 5.91 Å². The highest BCUT2D eigenvalue weighted by atomic mass is 32.1. The van der Waals surface area contributed by atoms with Gasteiger partial charge in [0.05, 0.1) is 10.4 Å². The maximum atomic E-state index is 11.6. The van der Waals surface area contributed by atoms with Crippen LogP contribution in [0.25, 0.3) is 0 Å². The first-order chi connectivity index (χ1) is 9.70. The highest BCUT2D eigenvalue weighted by Gasteiger charge is 2.30. The molecule has 0 saturated carbocycles. The molecule has 1 aromatic heterocycles. The van der Waals surface area contributed by atoms with Gasteiger partial charge in [-0.25, -0.2) is 9.78 Å². The van der Waals surface area contributed by atoms with E-state index in [1.54, 1.807) is 0 Å². The third kappa shape index (κ3) is 5.90. The first kappa shape index (κ1) is 17.1. The van der Waals surface area contributed by atoms with Crippen molar-refractivity contribution in [1.29, 1.82) is 0 Å². The van der Waals surface area contributed by atoms with Gasteiger partial charge in [-0.05, 0) is 20.8 Å². The molecule has 1 heterocycles. The van der Waals surface area contributed by atoms with E-state index in [1.807, 2.05) is 12.3 Å². The molecule has 0 aromatic carbocycles. The summed E-state index contributed by atoms with van der Waals surface area (Å²) in [5.41, 5.74) is -0.270. The molecule has 3 amide bonds. The molecule has 7 nitrogen and oxygen atoms in total. The first-order valence-electron chi connectivity index (χ1n) is 6.43. The van der Waals surface area contributed by atoms with Crippen molar-refractivity contribution in [1.82, 2.24) is 15.6 Å². The summed E-state index contributed by atoms with van der Waals surface area (Å²) in [4.78, 5) is 38.2. The van der Waals surface area contributed by atoms with Gasteiger partial charge >= 0.3 is 12.0 Å². The van der Waals surface area contributed by atoms with Crippen LogP contribution in [0.15, 0.2) is 5.38 Å². The number of aryl methyl sites for hydroxylation is 1. The van der Waals surface area contributed by atoms with Crippen molar-refractivity contribution in [2.24, 2.45) is 5.41 Å². The minimum atomic E-state index is -1.21. The fourth-order valence-electron chi connectivity index (χ4n) is 1.49. The molecule has 0 aliphatic rings. The average molecular weight is 313 g/mol. The van der Waals surface area contributed by atoms with Gasteiger partial charge in [0.15, 0.2) is 0 Å². The number of aliphatic carboxylic acids is 1. The highest BCUT2D eigenvalue weighted by molar-refractivity contribution is 7.09. The van der Waals surface area contributed by atoms with Gasteiger partial charge in [0, 0.05) is 30.5 Å². The Morgan fingerprint density at radius 3 is 2.57 bits per heavy atom. The second kappa shape index (κ2) is 7.16. The van der Waals surface area contributed by atoms with E-state index >= 15 is 0 Å². The van der Waals surface area contributed by atoms with Crippen LogP contribution in [0.4, 0.5) is 4.79 Å². The second-order valence-corrected chi connectivity index (χ2v) is 6.25. The van der Waals surface area contributed by atoms with Gasteiger partial charge in [-0.2, -0.15) is 0 Å². The van der Waals surface area contributed by atoms with Crippen LogP contribution in [-0.4, -0.2) is 34.5 Å². The lowest BCUT2D eigenvalue weighted by atomic mass is 9.89. The van der Waals surface area contributed by atoms with Gasteiger partial charge in [-0.15, -0.1) is 11.3 Å². The van der Waals surface area contributed by atoms with E-state index in [0.29, 0.717) is 13.0 Å². The first-order valence-corrected chi connectivity index (χ1v) is 7.31. The smallest absolute Gasteiger partial charge is 0.321 e. The van der Waals surface area contributed by atoms with Crippen molar-refractivity contribution >= 4 is 29.2 Å². The van der Waals surface area contributed by atoms with E-state index in [1.165, 1.54) is 25.2 Å². The molecule has 0 aliphatic heterocycles. The molecule has 3 N–H and O–H groups in total. The minimum Gasteiger partial charge on any atom is -0.481 e. The maximum absolute atomic E-state index is 11.6. The van der Waals surface area contributed by atoms with Crippen molar-refractivity contribution in [2.75, 3.05) is 6.54 Å². The zero-order valence-corrected chi connectivity index (χ0v) is 13.0. The molecule has 0 spiro atoms. The number of carbonyl (C=O) groups excluding carboxylic acids is 2. The molecule has 21 heavy (non-hydrogen) atoms. The van der Waals surface area contributed by atoms with Crippen LogP contribution in [-0.2, 0) is 16.0 Å². The quantitative estimate of drug-likeness (QED) is 0.734. The number of imide groups is 1. The Morgan fingerprint density at radius 2 is 2.05 bits per heavy atom. The van der Waals surface area contributed by atoms with Crippen molar-refractivity contribution < 1.29 is 19.5 Å². The monoisotopic (exact) mass is 313 g/mol. The van der Waals surface area contributed by atoms with Crippen molar-refractivity contribution in [3.05, 3.63) is 16.1 Å². The number of nitrogens with zero attached hydrogens (tertiary/aromatic N) is 1. The molecule has 116 valence electrons. The van der Waals surface area contributed by atoms with Crippen LogP contribution < -0.4 is 10.6 Å². The van der Waals surface area contributed by atoms with E-state index in [0.717, 1.165) is 10.7 Å². The Bertz CT molecular complexity index is 539. The summed E-state index contributed by atoms with van der Waals surface area (Å²) in [7, 11) is 0. The van der Waals surface area contributed by atoms with Crippen LogP contribution in [0.1, 0.15) is 31.0 Å². The lowest BCUT2D eigenvalue weighted by molar-refractivity contribution is -0.149. The Balaban J connectivity index is 2.30. The third-order valence-electron chi connectivity index (χ3n) is 2.73. The number of nitrogens with one attached hydrogen (secondary N) is 2. The average Bonchev–Trinajstić information content (AvgIpc) is 2.73. The summed E-state index contributed by atoms with van der Waals surface area (Å²) < 4.78 is 0. The molecule has 0 bridgehead atoms. The Labute approximate surface area is 126 Å². The van der Waals surface area contributed by atoms with Gasteiger partial charge in [-0.1, -0.05) is 0 Å². The zero-order chi connectivity index (χ0) is 16.0. The summed E-state index contributed by atoms with van der Waals surface area (Å²) in [5.74, 6) is -1.71. The number of rotatable bonds is 6. The number of carboxylic acid groups (broad SMARTS) is 1. The molecule has 1 rings (SSSR count). The van der Waals surface area contributed by atoms with Crippen LogP contribution in [0.2, 0.25) is 0 Å². The second-order valence-electron chi connectivity index (χ2n) is 5.30. The van der Waals surface area contributed by atoms with Crippen molar-refractivity contribution in [3.8, 4) is 0 Å². The molecule has 0 fully saturated rings. The third-order valence-corrected chi connectivity index (χ3v) is 3.75. The number of hydrogen-bond acceptors (Lipinski definition) is 5. The van der Waals surface area contributed by atoms with Crippen molar-refractivity contribution in [2.45, 2.75) is 33.6 Å². The standard InChI is InChI=1S/C13H19N3O4S/c1-8-7-21-10(15-8)4-5-14-12(20)16-9(17)6-13(2,3)11(18)19/h7H,4-6H2,1-3H3,(H,18,19)(H2,14,16,17,20). The molecular formula is C13H19N3O4S. The predicted molar refractivity (Wildman–Crippen MR) is 78.1 cm³/mol. The Hall–Kier alpha value is -1.96. The largest absolute Gasteiger partial charge is 0.481 e. The summed E-state index contributed by atoms with van der Waals surface area (Å²) >= 11 is 1.51. The number of aromatic nitrogens is 1. The van der Waals surface area contributed by atoms with E-state index in [9.17, 15) is 14.4 Å². The Morgan fingerprint density at radius 1 is 1.38 bits per heavy atom. The summed E-state index contributed by atoms with van der Waals surface area (Å²) in [6.07, 6.45) is 0.322. The van der Waals surface area contributed by atoms with Crippen LogP contribution in [0.3, 0.4) is 0 Å². The van der Waals surface area contributed by atoms with E-state index in [2.05, 4.69) is 15.6 Å². The van der Waals surface area contributed by atoms with Crippen LogP contribution >= 0.6 is 11.3 Å². The Kier molecular flexibility index (Phi) is 5.83. The van der Waals surface area contributed by atoms with Crippen LogP contribution in [0, 0.1) is 12.3 Å². The number of urea groups is 1.